The Hall–Kier alpha value is -3.54. The lowest BCUT2D eigenvalue weighted by Crippen LogP contribution is -2.22. The molecule has 0 spiro atoms. The molecule has 158 valence electrons. The van der Waals surface area contributed by atoms with E-state index < -0.39 is 0 Å². The summed E-state index contributed by atoms with van der Waals surface area (Å²) in [4.78, 5) is 35.8. The number of ketones is 1. The summed E-state index contributed by atoms with van der Waals surface area (Å²) >= 11 is 0. The van der Waals surface area contributed by atoms with E-state index in [-0.39, 0.29) is 16.8 Å². The predicted octanol–water partition coefficient (Wildman–Crippen LogP) is 3.41. The molecular formula is C26H24BN3O2. The number of aromatic nitrogens is 3. The molecule has 4 rings (SSSR count). The average Bonchev–Trinajstić information content (AvgIpc) is 2.74. The summed E-state index contributed by atoms with van der Waals surface area (Å²) in [5, 5.41) is 0.477. The molecule has 0 atom stereocenters. The maximum atomic E-state index is 13.4. The summed E-state index contributed by atoms with van der Waals surface area (Å²) in [5.74, 6) is -0.294. The number of fused-ring (bicyclic) bond motifs is 1. The molecule has 1 aromatic carbocycles. The van der Waals surface area contributed by atoms with E-state index in [4.69, 9.17) is 7.85 Å². The second-order valence-electron chi connectivity index (χ2n) is 8.38. The van der Waals surface area contributed by atoms with Crippen LogP contribution in [-0.4, -0.2) is 28.2 Å². The number of carbonyl (C=O) groups is 1. The van der Waals surface area contributed by atoms with Crippen LogP contribution in [0, 0.1) is 34.6 Å². The monoisotopic (exact) mass is 421 g/mol. The van der Waals surface area contributed by atoms with Gasteiger partial charge >= 0.3 is 0 Å². The van der Waals surface area contributed by atoms with Crippen molar-refractivity contribution in [3.63, 3.8) is 0 Å². The first-order chi connectivity index (χ1) is 15.2. The largest absolute Gasteiger partial charge is 0.339 e. The fourth-order valence-corrected chi connectivity index (χ4v) is 3.96. The molecule has 0 bridgehead atoms. The molecule has 5 nitrogen and oxygen atoms in total. The Morgan fingerprint density at radius 3 is 2.34 bits per heavy atom. The third kappa shape index (κ3) is 3.88. The summed E-state index contributed by atoms with van der Waals surface area (Å²) in [6, 6.07) is 11.1. The lowest BCUT2D eigenvalue weighted by atomic mass is 9.97. The molecule has 0 fully saturated rings. The van der Waals surface area contributed by atoms with Gasteiger partial charge in [0.05, 0.1) is 34.4 Å². The molecule has 0 aliphatic carbocycles. The normalized spacial score (nSPS) is 11.2. The SMILES string of the molecule is [B]c1nc(Cn2cc(C(=O)c3ccc(C)c(C)c3)c(=O)c3cc(C)nc(C)c32)ccc1C. The molecule has 0 aliphatic heterocycles. The Labute approximate surface area is 188 Å². The van der Waals surface area contributed by atoms with Gasteiger partial charge in [0.25, 0.3) is 0 Å². The van der Waals surface area contributed by atoms with Gasteiger partial charge in [0, 0.05) is 17.5 Å². The van der Waals surface area contributed by atoms with Crippen molar-refractivity contribution in [3.05, 3.63) is 97.7 Å². The molecular weight excluding hydrogens is 397 g/mol. The minimum atomic E-state index is -0.294. The molecule has 0 saturated heterocycles. The molecule has 4 aromatic rings. The van der Waals surface area contributed by atoms with Gasteiger partial charge in [-0.3, -0.25) is 19.6 Å². The molecule has 3 heterocycles. The van der Waals surface area contributed by atoms with Crippen molar-refractivity contribution in [1.82, 2.24) is 14.5 Å². The van der Waals surface area contributed by atoms with E-state index in [0.717, 1.165) is 33.8 Å². The Kier molecular flexibility index (Phi) is 5.55. The van der Waals surface area contributed by atoms with Crippen molar-refractivity contribution in [2.45, 2.75) is 41.2 Å². The van der Waals surface area contributed by atoms with Crippen molar-refractivity contribution < 1.29 is 4.79 Å². The highest BCUT2D eigenvalue weighted by molar-refractivity contribution is 6.31. The number of carbonyl (C=O) groups excluding carboxylic acids is 1. The van der Waals surface area contributed by atoms with E-state index in [2.05, 4.69) is 9.97 Å². The van der Waals surface area contributed by atoms with Crippen LogP contribution in [-0.2, 0) is 6.54 Å². The van der Waals surface area contributed by atoms with Gasteiger partial charge in [0.2, 0.25) is 5.43 Å². The summed E-state index contributed by atoms with van der Waals surface area (Å²) < 4.78 is 1.88. The highest BCUT2D eigenvalue weighted by atomic mass is 16.1. The molecule has 6 heteroatoms. The van der Waals surface area contributed by atoms with Gasteiger partial charge in [-0.25, -0.2) is 0 Å². The number of pyridine rings is 3. The van der Waals surface area contributed by atoms with Crippen LogP contribution in [0.2, 0.25) is 0 Å². The van der Waals surface area contributed by atoms with Crippen LogP contribution in [0.25, 0.3) is 10.9 Å². The lowest BCUT2D eigenvalue weighted by molar-refractivity contribution is 0.103. The Balaban J connectivity index is 1.95. The second kappa shape index (κ2) is 8.19. The molecule has 0 unspecified atom stereocenters. The topological polar surface area (TPSA) is 64.8 Å². The number of aryl methyl sites for hydroxylation is 5. The van der Waals surface area contributed by atoms with E-state index in [1.165, 1.54) is 0 Å². The van der Waals surface area contributed by atoms with E-state index in [1.54, 1.807) is 18.3 Å². The minimum Gasteiger partial charge on any atom is -0.339 e. The number of benzene rings is 1. The highest BCUT2D eigenvalue weighted by Crippen LogP contribution is 2.20. The molecule has 2 radical (unpaired) electrons. The van der Waals surface area contributed by atoms with Gasteiger partial charge in [-0.1, -0.05) is 18.2 Å². The van der Waals surface area contributed by atoms with Crippen LogP contribution in [0.4, 0.5) is 0 Å². The fourth-order valence-electron chi connectivity index (χ4n) is 3.96. The zero-order chi connectivity index (χ0) is 23.2. The smallest absolute Gasteiger partial charge is 0.200 e. The molecule has 0 N–H and O–H groups in total. The van der Waals surface area contributed by atoms with Crippen molar-refractivity contribution in [3.8, 4) is 0 Å². The number of hydrogen-bond acceptors (Lipinski definition) is 4. The van der Waals surface area contributed by atoms with Gasteiger partial charge in [-0.15, -0.1) is 0 Å². The van der Waals surface area contributed by atoms with Gasteiger partial charge in [0.1, 0.15) is 7.85 Å². The van der Waals surface area contributed by atoms with E-state index in [0.29, 0.717) is 28.6 Å². The maximum Gasteiger partial charge on any atom is 0.200 e. The van der Waals surface area contributed by atoms with Crippen LogP contribution in [0.3, 0.4) is 0 Å². The molecule has 32 heavy (non-hydrogen) atoms. The molecule has 3 aromatic heterocycles. The third-order valence-electron chi connectivity index (χ3n) is 5.90. The average molecular weight is 421 g/mol. The van der Waals surface area contributed by atoms with Gasteiger partial charge in [0.15, 0.2) is 5.78 Å². The van der Waals surface area contributed by atoms with E-state index in [1.807, 2.05) is 63.5 Å². The van der Waals surface area contributed by atoms with Crippen LogP contribution in [0.1, 0.15) is 49.7 Å². The lowest BCUT2D eigenvalue weighted by Gasteiger charge is -2.16. The number of nitrogens with zero attached hydrogens (tertiary/aromatic N) is 3. The van der Waals surface area contributed by atoms with Crippen LogP contribution in [0.5, 0.6) is 0 Å². The molecule has 0 amide bonds. The number of hydrogen-bond donors (Lipinski definition) is 0. The Morgan fingerprint density at radius 2 is 1.66 bits per heavy atom. The maximum absolute atomic E-state index is 13.4. The summed E-state index contributed by atoms with van der Waals surface area (Å²) in [7, 11) is 6.00. The third-order valence-corrected chi connectivity index (χ3v) is 5.90. The summed E-state index contributed by atoms with van der Waals surface area (Å²) in [6.07, 6.45) is 1.63. The standard InChI is InChI=1S/C26H24BN3O2/c1-14-6-8-19(10-16(14)3)24(31)22-13-30(12-20-9-7-15(2)26(27)29-20)23-18(5)28-17(4)11-21(23)25(22)32/h6-11,13H,12H2,1-5H3. The first-order valence-corrected chi connectivity index (χ1v) is 10.5. The van der Waals surface area contributed by atoms with Gasteiger partial charge in [-0.2, -0.15) is 0 Å². The van der Waals surface area contributed by atoms with Crippen LogP contribution >= 0.6 is 0 Å². The quantitative estimate of drug-likeness (QED) is 0.374. The van der Waals surface area contributed by atoms with Crippen LogP contribution in [0.15, 0.2) is 47.4 Å². The van der Waals surface area contributed by atoms with Crippen molar-refractivity contribution in [2.75, 3.05) is 0 Å². The summed E-state index contributed by atoms with van der Waals surface area (Å²) in [6.45, 7) is 9.92. The number of rotatable bonds is 4. The fraction of sp³-hybridized carbons (Fsp3) is 0.231. The molecule has 0 aliphatic rings. The van der Waals surface area contributed by atoms with E-state index in [9.17, 15) is 9.59 Å². The zero-order valence-corrected chi connectivity index (χ0v) is 19.0. The van der Waals surface area contributed by atoms with Crippen LogP contribution < -0.4 is 11.0 Å². The Bertz CT molecular complexity index is 1450. The first kappa shape index (κ1) is 21.7. The second-order valence-corrected chi connectivity index (χ2v) is 8.38. The Morgan fingerprint density at radius 1 is 0.938 bits per heavy atom. The predicted molar refractivity (Wildman–Crippen MR) is 128 cm³/mol. The first-order valence-electron chi connectivity index (χ1n) is 10.5. The van der Waals surface area contributed by atoms with Crippen molar-refractivity contribution >= 4 is 30.1 Å². The van der Waals surface area contributed by atoms with E-state index >= 15 is 0 Å². The van der Waals surface area contributed by atoms with Crippen molar-refractivity contribution in [1.29, 1.82) is 0 Å². The minimum absolute atomic E-state index is 0.130. The van der Waals surface area contributed by atoms with Gasteiger partial charge < -0.3 is 4.57 Å². The molecule has 0 saturated carbocycles. The van der Waals surface area contributed by atoms with Crippen molar-refractivity contribution in [2.24, 2.45) is 0 Å². The highest BCUT2D eigenvalue weighted by Gasteiger charge is 2.19. The van der Waals surface area contributed by atoms with Gasteiger partial charge in [-0.05, 0) is 75.1 Å². The zero-order valence-electron chi connectivity index (χ0n) is 19.0. The summed E-state index contributed by atoms with van der Waals surface area (Å²) in [5.41, 5.74) is 6.69.